The van der Waals surface area contributed by atoms with E-state index in [0.717, 1.165) is 5.69 Å². The summed E-state index contributed by atoms with van der Waals surface area (Å²) in [5.41, 5.74) is 6.87. The third-order valence-electron chi connectivity index (χ3n) is 4.15. The number of benzene rings is 1. The average molecular weight is 250 g/mol. The van der Waals surface area contributed by atoms with Gasteiger partial charge in [0.15, 0.2) is 0 Å². The molecule has 100 valence electrons. The summed E-state index contributed by atoms with van der Waals surface area (Å²) in [7, 11) is 2.03. The number of anilines is 1. The second-order valence-corrected chi connectivity index (χ2v) is 5.29. The Morgan fingerprint density at radius 1 is 1.33 bits per heavy atom. The molecule has 1 aliphatic rings. The smallest absolute Gasteiger partial charge is 0.125 e. The Balaban J connectivity index is 2.11. The lowest BCUT2D eigenvalue weighted by molar-refractivity contribution is 0.302. The maximum atomic E-state index is 13.3. The van der Waals surface area contributed by atoms with Crippen molar-refractivity contribution in [2.75, 3.05) is 18.5 Å². The van der Waals surface area contributed by atoms with Gasteiger partial charge in [-0.25, -0.2) is 4.39 Å². The number of rotatable bonds is 4. The monoisotopic (exact) mass is 250 g/mol. The van der Waals surface area contributed by atoms with Gasteiger partial charge in [0.25, 0.3) is 0 Å². The average Bonchev–Trinajstić information content (AvgIpc) is 2.41. The van der Waals surface area contributed by atoms with Gasteiger partial charge in [-0.05, 0) is 37.0 Å². The van der Waals surface area contributed by atoms with E-state index in [1.807, 2.05) is 13.1 Å². The predicted molar refractivity (Wildman–Crippen MR) is 74.2 cm³/mol. The molecule has 2 N–H and O–H groups in total. The molecule has 0 saturated heterocycles. The Morgan fingerprint density at radius 2 is 2.06 bits per heavy atom. The predicted octanol–water partition coefficient (Wildman–Crippen LogP) is 3.17. The highest BCUT2D eigenvalue weighted by atomic mass is 19.1. The van der Waals surface area contributed by atoms with Gasteiger partial charge in [-0.1, -0.05) is 25.3 Å². The number of likely N-dealkylation sites (N-methyl/N-ethyl adjacent to an activating group) is 1. The lowest BCUT2D eigenvalue weighted by Crippen LogP contribution is -2.44. The van der Waals surface area contributed by atoms with E-state index < -0.39 is 0 Å². The van der Waals surface area contributed by atoms with Gasteiger partial charge < -0.3 is 10.6 Å². The minimum atomic E-state index is -0.182. The second-order valence-electron chi connectivity index (χ2n) is 5.29. The molecule has 0 radical (unpaired) electrons. The molecule has 2 rings (SSSR count). The van der Waals surface area contributed by atoms with E-state index in [9.17, 15) is 4.39 Å². The van der Waals surface area contributed by atoms with Crippen LogP contribution >= 0.6 is 0 Å². The molecule has 0 aromatic heterocycles. The van der Waals surface area contributed by atoms with E-state index in [4.69, 9.17) is 5.73 Å². The highest BCUT2D eigenvalue weighted by Crippen LogP contribution is 2.30. The Kier molecular flexibility index (Phi) is 4.59. The Labute approximate surface area is 109 Å². The van der Waals surface area contributed by atoms with Gasteiger partial charge in [0.2, 0.25) is 0 Å². The zero-order valence-corrected chi connectivity index (χ0v) is 11.1. The summed E-state index contributed by atoms with van der Waals surface area (Å²) in [4.78, 5) is 2.15. The van der Waals surface area contributed by atoms with Crippen LogP contribution in [0.4, 0.5) is 10.1 Å². The Morgan fingerprint density at radius 3 is 2.67 bits per heavy atom. The van der Waals surface area contributed by atoms with Crippen molar-refractivity contribution in [2.24, 2.45) is 11.7 Å². The van der Waals surface area contributed by atoms with Crippen LogP contribution in [0.2, 0.25) is 0 Å². The number of hydrogen-bond donors (Lipinski definition) is 1. The van der Waals surface area contributed by atoms with Crippen molar-refractivity contribution < 1.29 is 4.39 Å². The molecular weight excluding hydrogens is 227 g/mol. The van der Waals surface area contributed by atoms with Crippen molar-refractivity contribution >= 4 is 5.69 Å². The fourth-order valence-corrected chi connectivity index (χ4v) is 3.07. The molecular formula is C15H23FN2. The first kappa shape index (κ1) is 13.3. The third-order valence-corrected chi connectivity index (χ3v) is 4.15. The molecule has 1 aromatic rings. The molecule has 0 spiro atoms. The second kappa shape index (κ2) is 6.19. The van der Waals surface area contributed by atoms with Gasteiger partial charge >= 0.3 is 0 Å². The van der Waals surface area contributed by atoms with Gasteiger partial charge in [-0.2, -0.15) is 0 Å². The van der Waals surface area contributed by atoms with Crippen LogP contribution in [0.1, 0.15) is 32.1 Å². The minimum Gasteiger partial charge on any atom is -0.370 e. The summed E-state index contributed by atoms with van der Waals surface area (Å²) in [6.45, 7) is 0.637. The van der Waals surface area contributed by atoms with Crippen LogP contribution in [0.3, 0.4) is 0 Å². The third kappa shape index (κ3) is 3.02. The molecule has 3 heteroatoms. The first-order valence-electron chi connectivity index (χ1n) is 6.91. The summed E-state index contributed by atoms with van der Waals surface area (Å²) >= 11 is 0. The van der Waals surface area contributed by atoms with E-state index >= 15 is 0 Å². The number of halogens is 1. The molecule has 1 saturated carbocycles. The van der Waals surface area contributed by atoms with Crippen LogP contribution in [0.15, 0.2) is 24.3 Å². The first-order valence-corrected chi connectivity index (χ1v) is 6.91. The van der Waals surface area contributed by atoms with Crippen molar-refractivity contribution in [3.63, 3.8) is 0 Å². The molecule has 18 heavy (non-hydrogen) atoms. The van der Waals surface area contributed by atoms with Crippen molar-refractivity contribution in [2.45, 2.75) is 38.1 Å². The van der Waals surface area contributed by atoms with Gasteiger partial charge in [-0.3, -0.25) is 0 Å². The van der Waals surface area contributed by atoms with E-state index in [1.54, 1.807) is 12.1 Å². The van der Waals surface area contributed by atoms with Gasteiger partial charge in [0.05, 0.1) is 0 Å². The normalized spacial score (nSPS) is 18.6. The van der Waals surface area contributed by atoms with Gasteiger partial charge in [0.1, 0.15) is 5.82 Å². The molecule has 1 atom stereocenters. The molecule has 1 aromatic carbocycles. The maximum absolute atomic E-state index is 13.3. The highest BCUT2D eigenvalue weighted by molar-refractivity contribution is 5.47. The van der Waals surface area contributed by atoms with E-state index in [2.05, 4.69) is 4.90 Å². The molecule has 1 aliphatic carbocycles. The van der Waals surface area contributed by atoms with Crippen molar-refractivity contribution in [1.29, 1.82) is 0 Å². The summed E-state index contributed by atoms with van der Waals surface area (Å²) in [5, 5.41) is 0. The summed E-state index contributed by atoms with van der Waals surface area (Å²) < 4.78 is 13.3. The van der Waals surface area contributed by atoms with Crippen LogP contribution in [0, 0.1) is 11.7 Å². The van der Waals surface area contributed by atoms with Crippen molar-refractivity contribution in [1.82, 2.24) is 0 Å². The Hall–Kier alpha value is -1.09. The minimum absolute atomic E-state index is 0.182. The Bertz CT molecular complexity index is 375. The fourth-order valence-electron chi connectivity index (χ4n) is 3.07. The van der Waals surface area contributed by atoms with E-state index in [0.29, 0.717) is 18.5 Å². The first-order chi connectivity index (χ1) is 8.72. The molecule has 0 aliphatic heterocycles. The quantitative estimate of drug-likeness (QED) is 0.889. The summed E-state index contributed by atoms with van der Waals surface area (Å²) in [5.74, 6) is 0.468. The largest absolute Gasteiger partial charge is 0.370 e. The van der Waals surface area contributed by atoms with Crippen molar-refractivity contribution in [3.05, 3.63) is 30.1 Å². The molecule has 0 bridgehead atoms. The maximum Gasteiger partial charge on any atom is 0.125 e. The van der Waals surface area contributed by atoms with Gasteiger partial charge in [-0.15, -0.1) is 0 Å². The topological polar surface area (TPSA) is 29.3 Å². The van der Waals surface area contributed by atoms with Gasteiger partial charge in [0, 0.05) is 25.3 Å². The summed E-state index contributed by atoms with van der Waals surface area (Å²) in [6.07, 6.45) is 6.46. The molecule has 0 amide bonds. The van der Waals surface area contributed by atoms with Crippen LogP contribution < -0.4 is 10.6 Å². The fraction of sp³-hybridized carbons (Fsp3) is 0.600. The molecule has 2 nitrogen and oxygen atoms in total. The number of hydrogen-bond acceptors (Lipinski definition) is 2. The lowest BCUT2D eigenvalue weighted by atomic mass is 9.83. The molecule has 0 heterocycles. The van der Waals surface area contributed by atoms with E-state index in [1.165, 1.54) is 38.2 Å². The van der Waals surface area contributed by atoms with Crippen LogP contribution in [0.25, 0.3) is 0 Å². The zero-order chi connectivity index (χ0) is 13.0. The number of nitrogens with two attached hydrogens (primary N) is 1. The number of nitrogens with zero attached hydrogens (tertiary/aromatic N) is 1. The SMILES string of the molecule is CN(c1cccc(F)c1)C(CN)C1CCCCC1. The standard InChI is InChI=1S/C15H23FN2/c1-18(14-9-5-8-13(16)10-14)15(11-17)12-6-3-2-4-7-12/h5,8-10,12,15H,2-4,6-7,11,17H2,1H3. The van der Waals surface area contributed by atoms with Crippen LogP contribution in [-0.2, 0) is 0 Å². The van der Waals surface area contributed by atoms with Crippen LogP contribution in [0.5, 0.6) is 0 Å². The van der Waals surface area contributed by atoms with Crippen molar-refractivity contribution in [3.8, 4) is 0 Å². The van der Waals surface area contributed by atoms with Crippen LogP contribution in [-0.4, -0.2) is 19.6 Å². The molecule has 1 fully saturated rings. The molecule has 1 unspecified atom stereocenters. The zero-order valence-electron chi connectivity index (χ0n) is 11.1. The summed E-state index contributed by atoms with van der Waals surface area (Å²) in [6, 6.07) is 7.11. The highest BCUT2D eigenvalue weighted by Gasteiger charge is 2.26. The lowest BCUT2D eigenvalue weighted by Gasteiger charge is -2.37. The van der Waals surface area contributed by atoms with E-state index in [-0.39, 0.29) is 5.82 Å².